The summed E-state index contributed by atoms with van der Waals surface area (Å²) < 4.78 is 27.6. The topological polar surface area (TPSA) is 65.8 Å². The molecule has 1 aromatic heterocycles. The lowest BCUT2D eigenvalue weighted by Gasteiger charge is -2.18. The predicted molar refractivity (Wildman–Crippen MR) is 99.9 cm³/mol. The van der Waals surface area contributed by atoms with Crippen LogP contribution < -0.4 is 0 Å². The molecule has 3 rings (SSSR count). The van der Waals surface area contributed by atoms with E-state index in [2.05, 4.69) is 40.7 Å². The lowest BCUT2D eigenvalue weighted by Crippen LogP contribution is -2.33. The number of aromatic nitrogens is 1. The van der Waals surface area contributed by atoms with E-state index in [4.69, 9.17) is 0 Å². The molecule has 2 heterocycles. The minimum atomic E-state index is -3.30. The maximum atomic E-state index is 12.1. The molecule has 0 saturated carbocycles. The first-order valence-electron chi connectivity index (χ1n) is 8.53. The Balaban J connectivity index is 1.73. The quantitative estimate of drug-likeness (QED) is 0.864. The van der Waals surface area contributed by atoms with E-state index in [9.17, 15) is 13.5 Å². The highest BCUT2D eigenvalue weighted by Gasteiger charge is 2.35. The van der Waals surface area contributed by atoms with E-state index in [1.807, 2.05) is 7.05 Å². The molecular formula is C18H27N3O3S. The molecule has 1 aliphatic rings. The number of hydrogen-bond donors (Lipinski definition) is 1. The van der Waals surface area contributed by atoms with Crippen molar-refractivity contribution in [3.05, 3.63) is 35.5 Å². The molecule has 0 unspecified atom stereocenters. The number of aliphatic hydroxyl groups excluding tert-OH is 1. The van der Waals surface area contributed by atoms with Gasteiger partial charge in [-0.15, -0.1) is 0 Å². The van der Waals surface area contributed by atoms with Gasteiger partial charge in [0.1, 0.15) is 0 Å². The highest BCUT2D eigenvalue weighted by atomic mass is 32.2. The molecular weight excluding hydrogens is 338 g/mol. The summed E-state index contributed by atoms with van der Waals surface area (Å²) >= 11 is 0. The standard InChI is InChI=1S/C18H27N3O3S/c1-13-5-6-17-14(7-13)8-16(20(17)4)10-21-9-15(18(22)11-21)12-25(23,24)19(2)3/h5-8,15,18,22H,9-12H2,1-4H3/t15-,18-/m0/s1. The lowest BCUT2D eigenvalue weighted by atomic mass is 10.1. The number of aliphatic hydroxyl groups is 1. The molecule has 0 bridgehead atoms. The van der Waals surface area contributed by atoms with Crippen LogP contribution >= 0.6 is 0 Å². The first-order valence-corrected chi connectivity index (χ1v) is 10.1. The Kier molecular flexibility index (Phi) is 4.94. The Morgan fingerprint density at radius 1 is 1.24 bits per heavy atom. The Morgan fingerprint density at radius 2 is 1.96 bits per heavy atom. The van der Waals surface area contributed by atoms with Gasteiger partial charge in [0.25, 0.3) is 0 Å². The third-order valence-corrected chi connectivity index (χ3v) is 7.11. The monoisotopic (exact) mass is 365 g/mol. The number of nitrogens with zero attached hydrogens (tertiary/aromatic N) is 3. The highest BCUT2D eigenvalue weighted by Crippen LogP contribution is 2.25. The zero-order chi connectivity index (χ0) is 18.4. The molecule has 1 saturated heterocycles. The first-order chi connectivity index (χ1) is 11.7. The number of benzene rings is 1. The molecule has 6 nitrogen and oxygen atoms in total. The molecule has 1 aliphatic heterocycles. The van der Waals surface area contributed by atoms with Gasteiger partial charge in [-0.05, 0) is 25.1 Å². The second kappa shape index (κ2) is 6.72. The van der Waals surface area contributed by atoms with E-state index >= 15 is 0 Å². The van der Waals surface area contributed by atoms with Crippen molar-refractivity contribution in [2.24, 2.45) is 13.0 Å². The molecule has 1 N–H and O–H groups in total. The number of hydrogen-bond acceptors (Lipinski definition) is 4. The summed E-state index contributed by atoms with van der Waals surface area (Å²) in [7, 11) is 1.81. The number of fused-ring (bicyclic) bond motifs is 1. The van der Waals surface area contributed by atoms with Crippen LogP contribution in [0.2, 0.25) is 0 Å². The normalized spacial score (nSPS) is 22.3. The van der Waals surface area contributed by atoms with Crippen LogP contribution in [0.15, 0.2) is 24.3 Å². The molecule has 0 spiro atoms. The van der Waals surface area contributed by atoms with E-state index in [0.717, 1.165) is 0 Å². The van der Waals surface area contributed by atoms with Gasteiger partial charge in [-0.1, -0.05) is 11.6 Å². The van der Waals surface area contributed by atoms with Gasteiger partial charge in [-0.2, -0.15) is 0 Å². The molecule has 2 atom stereocenters. The van der Waals surface area contributed by atoms with Gasteiger partial charge < -0.3 is 9.67 Å². The van der Waals surface area contributed by atoms with Crippen LogP contribution in [0.3, 0.4) is 0 Å². The van der Waals surface area contributed by atoms with Crippen molar-refractivity contribution in [2.45, 2.75) is 19.6 Å². The molecule has 1 aromatic carbocycles. The van der Waals surface area contributed by atoms with Crippen LogP contribution in [0.1, 0.15) is 11.3 Å². The van der Waals surface area contributed by atoms with E-state index in [1.54, 1.807) is 0 Å². The summed E-state index contributed by atoms with van der Waals surface area (Å²) in [6.45, 7) is 3.89. The minimum Gasteiger partial charge on any atom is -0.391 e. The van der Waals surface area contributed by atoms with E-state index < -0.39 is 16.1 Å². The zero-order valence-corrected chi connectivity index (χ0v) is 16.1. The summed E-state index contributed by atoms with van der Waals surface area (Å²) in [6.07, 6.45) is -0.605. The second-order valence-electron chi connectivity index (χ2n) is 7.34. The Bertz CT molecular complexity index is 873. The Morgan fingerprint density at radius 3 is 2.64 bits per heavy atom. The molecule has 7 heteroatoms. The van der Waals surface area contributed by atoms with E-state index in [-0.39, 0.29) is 11.7 Å². The van der Waals surface area contributed by atoms with Crippen molar-refractivity contribution in [1.82, 2.24) is 13.8 Å². The Hall–Kier alpha value is -1.41. The molecule has 1 fully saturated rings. The number of sulfonamides is 1. The van der Waals surface area contributed by atoms with Crippen LogP contribution in [0.4, 0.5) is 0 Å². The SMILES string of the molecule is Cc1ccc2c(c1)cc(CN1C[C@@H](CS(=O)(=O)N(C)C)[C@@H](O)C1)n2C. The third-order valence-electron chi connectivity index (χ3n) is 5.15. The van der Waals surface area contributed by atoms with Crippen molar-refractivity contribution in [2.75, 3.05) is 32.9 Å². The maximum absolute atomic E-state index is 12.1. The zero-order valence-electron chi connectivity index (χ0n) is 15.3. The van der Waals surface area contributed by atoms with Gasteiger partial charge >= 0.3 is 0 Å². The highest BCUT2D eigenvalue weighted by molar-refractivity contribution is 7.89. The van der Waals surface area contributed by atoms with Gasteiger partial charge in [0, 0.05) is 63.3 Å². The van der Waals surface area contributed by atoms with Gasteiger partial charge in [0.2, 0.25) is 10.0 Å². The fourth-order valence-electron chi connectivity index (χ4n) is 3.56. The first kappa shape index (κ1) is 18.4. The third kappa shape index (κ3) is 3.74. The molecule has 138 valence electrons. The second-order valence-corrected chi connectivity index (χ2v) is 9.57. The number of β-amino-alcohol motifs (C(OH)–C–C–N with tert-alkyl or cyclic N) is 1. The van der Waals surface area contributed by atoms with Gasteiger partial charge in [0.15, 0.2) is 0 Å². The van der Waals surface area contributed by atoms with E-state index in [0.29, 0.717) is 19.6 Å². The van der Waals surface area contributed by atoms with Gasteiger partial charge in [0.05, 0.1) is 11.9 Å². The van der Waals surface area contributed by atoms with Crippen LogP contribution in [-0.2, 0) is 23.6 Å². The van der Waals surface area contributed by atoms with Crippen LogP contribution in [0.5, 0.6) is 0 Å². The maximum Gasteiger partial charge on any atom is 0.214 e. The number of aryl methyl sites for hydroxylation is 2. The number of likely N-dealkylation sites (tertiary alicyclic amines) is 1. The van der Waals surface area contributed by atoms with Crippen LogP contribution in [0.25, 0.3) is 10.9 Å². The summed E-state index contributed by atoms with van der Waals surface area (Å²) in [6, 6.07) is 8.58. The van der Waals surface area contributed by atoms with Gasteiger partial charge in [-0.3, -0.25) is 4.90 Å². The Labute approximate surface area is 149 Å². The molecule has 25 heavy (non-hydrogen) atoms. The van der Waals surface area contributed by atoms with Crippen molar-refractivity contribution >= 4 is 20.9 Å². The number of rotatable bonds is 5. The fraction of sp³-hybridized carbons (Fsp3) is 0.556. The summed E-state index contributed by atoms with van der Waals surface area (Å²) in [5.74, 6) is -0.254. The minimum absolute atomic E-state index is 0.00796. The summed E-state index contributed by atoms with van der Waals surface area (Å²) in [5, 5.41) is 11.5. The fourth-order valence-corrected chi connectivity index (χ4v) is 4.73. The molecule has 2 aromatic rings. The van der Waals surface area contributed by atoms with Crippen LogP contribution in [0, 0.1) is 12.8 Å². The average molecular weight is 365 g/mol. The predicted octanol–water partition coefficient (Wildman–Crippen LogP) is 1.17. The van der Waals surface area contributed by atoms with Crippen molar-refractivity contribution in [3.8, 4) is 0 Å². The molecule has 0 amide bonds. The molecule has 0 aliphatic carbocycles. The lowest BCUT2D eigenvalue weighted by molar-refractivity contribution is 0.148. The summed E-state index contributed by atoms with van der Waals surface area (Å²) in [4.78, 5) is 2.14. The van der Waals surface area contributed by atoms with Crippen LogP contribution in [-0.4, -0.2) is 66.3 Å². The smallest absolute Gasteiger partial charge is 0.214 e. The molecule has 0 radical (unpaired) electrons. The van der Waals surface area contributed by atoms with Crippen molar-refractivity contribution < 1.29 is 13.5 Å². The van der Waals surface area contributed by atoms with Crippen molar-refractivity contribution in [1.29, 1.82) is 0 Å². The van der Waals surface area contributed by atoms with Gasteiger partial charge in [-0.25, -0.2) is 12.7 Å². The van der Waals surface area contributed by atoms with E-state index in [1.165, 1.54) is 40.6 Å². The largest absolute Gasteiger partial charge is 0.391 e. The summed E-state index contributed by atoms with van der Waals surface area (Å²) in [5.41, 5.74) is 3.59. The van der Waals surface area contributed by atoms with Crippen molar-refractivity contribution in [3.63, 3.8) is 0 Å². The average Bonchev–Trinajstić information content (AvgIpc) is 2.99.